The molecule has 3 aromatic rings. The number of aromatic nitrogens is 1. The average molecular weight is 434 g/mol. The van der Waals surface area contributed by atoms with E-state index in [0.717, 1.165) is 33.2 Å². The lowest BCUT2D eigenvalue weighted by atomic mass is 9.98. The second-order valence-electron chi connectivity index (χ2n) is 8.29. The lowest BCUT2D eigenvalue weighted by molar-refractivity contribution is -0.152. The number of benzene rings is 2. The molecule has 1 N–H and O–H groups in total. The first kappa shape index (κ1) is 23.0. The number of allylic oxidation sites excluding steroid dienone is 2. The number of hydrogen-bond acceptors (Lipinski definition) is 5. The fraction of sp³-hybridized carbons (Fsp3) is 0.269. The van der Waals surface area contributed by atoms with Crippen LogP contribution in [-0.4, -0.2) is 34.6 Å². The van der Waals surface area contributed by atoms with Crippen molar-refractivity contribution in [3.63, 3.8) is 0 Å². The molecule has 3 rings (SSSR count). The largest absolute Gasteiger partial charge is 0.480 e. The van der Waals surface area contributed by atoms with Gasteiger partial charge in [-0.1, -0.05) is 18.2 Å². The minimum atomic E-state index is -1.35. The van der Waals surface area contributed by atoms with Crippen LogP contribution in [0.2, 0.25) is 0 Å². The van der Waals surface area contributed by atoms with Crippen molar-refractivity contribution < 1.29 is 24.2 Å². The van der Waals surface area contributed by atoms with Gasteiger partial charge in [0, 0.05) is 5.39 Å². The predicted octanol–water partition coefficient (Wildman–Crippen LogP) is 5.39. The van der Waals surface area contributed by atoms with Crippen molar-refractivity contribution in [2.24, 2.45) is 0 Å². The van der Waals surface area contributed by atoms with E-state index in [-0.39, 0.29) is 11.7 Å². The van der Waals surface area contributed by atoms with Crippen LogP contribution in [0.4, 0.5) is 0 Å². The van der Waals surface area contributed by atoms with E-state index in [9.17, 15) is 14.7 Å². The van der Waals surface area contributed by atoms with Crippen molar-refractivity contribution in [2.45, 2.75) is 40.2 Å². The molecule has 1 heterocycles. The third kappa shape index (κ3) is 4.64. The number of carboxylic acids is 1. The number of nitrogens with zero attached hydrogens (tertiary/aromatic N) is 1. The molecule has 0 aliphatic carbocycles. The standard InChI is InChI=1S/C26H27NO5/c1-15(19-11-16(2)23(17(3)12-19)32-26(4,5)25(29)30)13-22(28)20-14-18-9-7-8-10-21(18)27-24(20)31-6/h7-14H,1-6H3,(H,29,30)/b15-13+. The number of carbonyl (C=O) groups is 2. The summed E-state index contributed by atoms with van der Waals surface area (Å²) in [5.41, 5.74) is 2.99. The monoisotopic (exact) mass is 433 g/mol. The molecule has 0 saturated carbocycles. The minimum absolute atomic E-state index is 0.208. The number of carbonyl (C=O) groups excluding carboxylic acids is 1. The van der Waals surface area contributed by atoms with Gasteiger partial charge in [0.1, 0.15) is 5.75 Å². The van der Waals surface area contributed by atoms with Crippen LogP contribution < -0.4 is 9.47 Å². The second kappa shape index (κ2) is 8.83. The van der Waals surface area contributed by atoms with E-state index < -0.39 is 11.6 Å². The van der Waals surface area contributed by atoms with Crippen LogP contribution in [0.1, 0.15) is 47.8 Å². The number of aryl methyl sites for hydroxylation is 2. The molecule has 0 atom stereocenters. The summed E-state index contributed by atoms with van der Waals surface area (Å²) in [6.07, 6.45) is 1.56. The molecule has 0 amide bonds. The summed E-state index contributed by atoms with van der Waals surface area (Å²) in [6, 6.07) is 13.1. The number of para-hydroxylation sites is 1. The van der Waals surface area contributed by atoms with E-state index in [4.69, 9.17) is 9.47 Å². The molecule has 6 nitrogen and oxygen atoms in total. The number of ketones is 1. The number of fused-ring (bicyclic) bond motifs is 1. The number of methoxy groups -OCH3 is 1. The smallest absolute Gasteiger partial charge is 0.347 e. The van der Waals surface area contributed by atoms with Crippen LogP contribution in [0.15, 0.2) is 48.5 Å². The summed E-state index contributed by atoms with van der Waals surface area (Å²) >= 11 is 0. The predicted molar refractivity (Wildman–Crippen MR) is 125 cm³/mol. The Morgan fingerprint density at radius 1 is 1.06 bits per heavy atom. The van der Waals surface area contributed by atoms with E-state index in [2.05, 4.69) is 4.98 Å². The summed E-state index contributed by atoms with van der Waals surface area (Å²) in [5.74, 6) is -0.439. The molecule has 32 heavy (non-hydrogen) atoms. The van der Waals surface area contributed by atoms with Gasteiger partial charge >= 0.3 is 5.97 Å². The highest BCUT2D eigenvalue weighted by Gasteiger charge is 2.30. The first-order valence-electron chi connectivity index (χ1n) is 10.2. The van der Waals surface area contributed by atoms with Crippen molar-refractivity contribution >= 4 is 28.2 Å². The Bertz CT molecular complexity index is 1220. The second-order valence-corrected chi connectivity index (χ2v) is 8.29. The summed E-state index contributed by atoms with van der Waals surface area (Å²) in [4.78, 5) is 28.9. The molecule has 0 saturated heterocycles. The quantitative estimate of drug-likeness (QED) is 0.397. The fourth-order valence-corrected chi connectivity index (χ4v) is 3.43. The first-order valence-corrected chi connectivity index (χ1v) is 10.2. The number of aliphatic carboxylic acids is 1. The Morgan fingerprint density at radius 2 is 1.69 bits per heavy atom. The van der Waals surface area contributed by atoms with Gasteiger partial charge in [-0.25, -0.2) is 9.78 Å². The Balaban J connectivity index is 1.96. The zero-order valence-corrected chi connectivity index (χ0v) is 19.1. The van der Waals surface area contributed by atoms with Gasteiger partial charge in [-0.3, -0.25) is 4.79 Å². The number of hydrogen-bond donors (Lipinski definition) is 1. The van der Waals surface area contributed by atoms with Crippen LogP contribution in [-0.2, 0) is 4.79 Å². The maximum atomic E-state index is 13.1. The van der Waals surface area contributed by atoms with Gasteiger partial charge in [0.2, 0.25) is 5.88 Å². The van der Waals surface area contributed by atoms with Crippen LogP contribution in [0.3, 0.4) is 0 Å². The highest BCUT2D eigenvalue weighted by molar-refractivity contribution is 6.11. The Labute approximate surface area is 187 Å². The Kier molecular flexibility index (Phi) is 6.35. The first-order chi connectivity index (χ1) is 15.0. The Morgan fingerprint density at radius 3 is 2.28 bits per heavy atom. The third-order valence-electron chi connectivity index (χ3n) is 5.28. The maximum Gasteiger partial charge on any atom is 0.347 e. The van der Waals surface area contributed by atoms with Crippen LogP contribution >= 0.6 is 0 Å². The maximum absolute atomic E-state index is 13.1. The van der Waals surface area contributed by atoms with Crippen molar-refractivity contribution in [2.75, 3.05) is 7.11 Å². The average Bonchev–Trinajstić information content (AvgIpc) is 2.74. The van der Waals surface area contributed by atoms with Gasteiger partial charge in [0.05, 0.1) is 18.2 Å². The molecule has 0 aliphatic heterocycles. The topological polar surface area (TPSA) is 85.7 Å². The number of carboxylic acid groups (broad SMARTS) is 1. The summed E-state index contributed by atoms with van der Waals surface area (Å²) in [5, 5.41) is 10.2. The molecular weight excluding hydrogens is 406 g/mol. The van der Waals surface area contributed by atoms with Crippen LogP contribution in [0, 0.1) is 13.8 Å². The summed E-state index contributed by atoms with van der Waals surface area (Å²) in [7, 11) is 1.49. The van der Waals surface area contributed by atoms with E-state index in [1.165, 1.54) is 21.0 Å². The van der Waals surface area contributed by atoms with Crippen molar-refractivity contribution in [1.29, 1.82) is 0 Å². The fourth-order valence-electron chi connectivity index (χ4n) is 3.43. The Hall–Kier alpha value is -3.67. The van der Waals surface area contributed by atoms with Gasteiger partial charge in [-0.05, 0) is 87.2 Å². The molecule has 0 spiro atoms. The zero-order chi connectivity index (χ0) is 23.6. The molecule has 1 aromatic heterocycles. The van der Waals surface area contributed by atoms with Gasteiger partial charge in [0.25, 0.3) is 0 Å². The van der Waals surface area contributed by atoms with Crippen LogP contribution in [0.5, 0.6) is 11.6 Å². The third-order valence-corrected chi connectivity index (χ3v) is 5.28. The minimum Gasteiger partial charge on any atom is -0.480 e. The summed E-state index contributed by atoms with van der Waals surface area (Å²) in [6.45, 7) is 8.59. The van der Waals surface area contributed by atoms with Crippen LogP contribution in [0.25, 0.3) is 16.5 Å². The van der Waals surface area contributed by atoms with Crippen molar-refractivity contribution in [1.82, 2.24) is 4.98 Å². The summed E-state index contributed by atoms with van der Waals surface area (Å²) < 4.78 is 11.1. The molecule has 0 bridgehead atoms. The molecule has 0 aliphatic rings. The van der Waals surface area contributed by atoms with Crippen molar-refractivity contribution in [3.8, 4) is 11.6 Å². The molecule has 0 fully saturated rings. The van der Waals surface area contributed by atoms with Gasteiger partial charge in [-0.2, -0.15) is 0 Å². The molecule has 0 radical (unpaired) electrons. The van der Waals surface area contributed by atoms with Gasteiger partial charge in [0.15, 0.2) is 11.4 Å². The highest BCUT2D eigenvalue weighted by atomic mass is 16.5. The molecule has 166 valence electrons. The van der Waals surface area contributed by atoms with E-state index in [1.807, 2.05) is 57.2 Å². The number of rotatable bonds is 7. The number of pyridine rings is 1. The van der Waals surface area contributed by atoms with Gasteiger partial charge < -0.3 is 14.6 Å². The zero-order valence-electron chi connectivity index (χ0n) is 19.1. The molecule has 2 aromatic carbocycles. The lowest BCUT2D eigenvalue weighted by Gasteiger charge is -2.24. The number of ether oxygens (including phenoxy) is 2. The highest BCUT2D eigenvalue weighted by Crippen LogP contribution is 2.31. The lowest BCUT2D eigenvalue weighted by Crippen LogP contribution is -2.38. The SMILES string of the molecule is COc1nc2ccccc2cc1C(=O)/C=C(\C)c1cc(C)c(OC(C)(C)C(=O)O)c(C)c1. The normalized spacial score (nSPS) is 12.0. The van der Waals surface area contributed by atoms with Crippen molar-refractivity contribution in [3.05, 3.63) is 70.8 Å². The van der Waals surface area contributed by atoms with E-state index in [1.54, 1.807) is 12.1 Å². The van der Waals surface area contributed by atoms with Gasteiger partial charge in [-0.15, -0.1) is 0 Å². The van der Waals surface area contributed by atoms with E-state index >= 15 is 0 Å². The molecular formula is C26H27NO5. The molecule has 0 unspecified atom stereocenters. The van der Waals surface area contributed by atoms with E-state index in [0.29, 0.717) is 11.3 Å². The molecule has 6 heteroatoms.